The predicted octanol–water partition coefficient (Wildman–Crippen LogP) is 5.46. The number of aromatic hydroxyl groups is 1. The Labute approximate surface area is 201 Å². The van der Waals surface area contributed by atoms with Crippen molar-refractivity contribution in [2.75, 3.05) is 24.7 Å². The highest BCUT2D eigenvalue weighted by Crippen LogP contribution is 2.42. The summed E-state index contributed by atoms with van der Waals surface area (Å²) in [4.78, 5) is 2.02. The summed E-state index contributed by atoms with van der Waals surface area (Å²) in [5.74, 6) is 0.405. The zero-order valence-corrected chi connectivity index (χ0v) is 21.8. The molecule has 32 heavy (non-hydrogen) atoms. The van der Waals surface area contributed by atoms with Gasteiger partial charge < -0.3 is 15.7 Å². The van der Waals surface area contributed by atoms with Crippen molar-refractivity contribution in [3.05, 3.63) is 39.0 Å². The van der Waals surface area contributed by atoms with Gasteiger partial charge in [0, 0.05) is 23.8 Å². The second kappa shape index (κ2) is 9.14. The minimum atomic E-state index is -3.96. The van der Waals surface area contributed by atoms with E-state index in [0.717, 1.165) is 16.0 Å². The third-order valence-corrected chi connectivity index (χ3v) is 8.67. The molecule has 0 saturated heterocycles. The van der Waals surface area contributed by atoms with E-state index >= 15 is 0 Å². The molecule has 0 fully saturated rings. The summed E-state index contributed by atoms with van der Waals surface area (Å²) >= 11 is 8.82. The lowest BCUT2D eigenvalue weighted by atomic mass is 9.86. The Balaban J connectivity index is 1.96. The maximum absolute atomic E-state index is 12.6. The molecule has 3 rings (SSSR count). The zero-order chi connectivity index (χ0) is 23.8. The van der Waals surface area contributed by atoms with Gasteiger partial charge >= 0.3 is 0 Å². The van der Waals surface area contributed by atoms with Crippen LogP contribution < -0.4 is 10.6 Å². The fraction of sp³-hybridized carbons (Fsp3) is 0.400. The summed E-state index contributed by atoms with van der Waals surface area (Å²) < 4.78 is 34.9. The van der Waals surface area contributed by atoms with Gasteiger partial charge in [-0.15, -0.1) is 11.3 Å². The van der Waals surface area contributed by atoms with E-state index in [1.54, 1.807) is 11.3 Å². The van der Waals surface area contributed by atoms with Crippen LogP contribution >= 0.6 is 34.7 Å². The Morgan fingerprint density at radius 2 is 1.78 bits per heavy atom. The monoisotopic (exact) mass is 515 g/mol. The van der Waals surface area contributed by atoms with Gasteiger partial charge in [-0.1, -0.05) is 32.4 Å². The molecule has 2 aromatic heterocycles. The van der Waals surface area contributed by atoms with Gasteiger partial charge in [-0.3, -0.25) is 0 Å². The normalized spacial score (nSPS) is 13.4. The number of nitrogens with zero attached hydrogens (tertiary/aromatic N) is 3. The van der Waals surface area contributed by atoms with Gasteiger partial charge in [0.2, 0.25) is 10.0 Å². The molecule has 0 aliphatic heterocycles. The molecular weight excluding hydrogens is 490 g/mol. The van der Waals surface area contributed by atoms with Crippen LogP contribution in [-0.4, -0.2) is 40.7 Å². The van der Waals surface area contributed by atoms with Gasteiger partial charge in [-0.25, -0.2) is 12.7 Å². The number of aryl methyl sites for hydroxylation is 1. The maximum atomic E-state index is 12.6. The molecule has 2 heterocycles. The van der Waals surface area contributed by atoms with Crippen molar-refractivity contribution >= 4 is 62.0 Å². The minimum Gasteiger partial charge on any atom is -0.504 e. The van der Waals surface area contributed by atoms with Crippen molar-refractivity contribution < 1.29 is 13.5 Å². The average molecular weight is 516 g/mol. The molecule has 0 radical (unpaired) electrons. The van der Waals surface area contributed by atoms with Crippen molar-refractivity contribution in [3.8, 4) is 5.75 Å². The highest BCUT2D eigenvalue weighted by molar-refractivity contribution is 7.89. The highest BCUT2D eigenvalue weighted by Gasteiger charge is 2.30. The Morgan fingerprint density at radius 1 is 1.12 bits per heavy atom. The van der Waals surface area contributed by atoms with E-state index < -0.39 is 15.8 Å². The minimum absolute atomic E-state index is 0.0332. The quantitative estimate of drug-likeness (QED) is 0.358. The number of hydrogen-bond acceptors (Lipinski definition) is 9. The lowest BCUT2D eigenvalue weighted by molar-refractivity contribution is 0.351. The molecule has 8 nitrogen and oxygen atoms in total. The van der Waals surface area contributed by atoms with Crippen LogP contribution in [0.3, 0.4) is 0 Å². The maximum Gasteiger partial charge on any atom is 0.247 e. The third kappa shape index (κ3) is 5.01. The smallest absolute Gasteiger partial charge is 0.247 e. The number of benzene rings is 1. The molecule has 0 saturated carbocycles. The van der Waals surface area contributed by atoms with E-state index in [4.69, 9.17) is 11.6 Å². The summed E-state index contributed by atoms with van der Waals surface area (Å²) in [6, 6.07) is 7.06. The number of hydrogen-bond donors (Lipinski definition) is 3. The Bertz CT molecular complexity index is 1220. The van der Waals surface area contributed by atoms with Crippen molar-refractivity contribution in [3.63, 3.8) is 0 Å². The molecule has 0 aliphatic carbocycles. The summed E-state index contributed by atoms with van der Waals surface area (Å²) in [6.07, 6.45) is 0. The van der Waals surface area contributed by atoms with E-state index in [2.05, 4.69) is 59.2 Å². The third-order valence-electron chi connectivity index (χ3n) is 4.76. The molecule has 0 amide bonds. The molecule has 0 bridgehead atoms. The molecule has 3 aromatic rings. The number of phenolic OH excluding ortho intramolecular Hbond substituents is 1. The first-order chi connectivity index (χ1) is 14.8. The Kier molecular flexibility index (Phi) is 7.06. The number of halogens is 1. The summed E-state index contributed by atoms with van der Waals surface area (Å²) in [5.41, 5.74) is 0.0398. The fourth-order valence-corrected chi connectivity index (χ4v) is 6.16. The van der Waals surface area contributed by atoms with Gasteiger partial charge in [-0.2, -0.15) is 8.75 Å². The van der Waals surface area contributed by atoms with Crippen molar-refractivity contribution in [1.29, 1.82) is 0 Å². The van der Waals surface area contributed by atoms with Crippen LogP contribution in [0.15, 0.2) is 29.2 Å². The number of nitrogens with one attached hydrogen (secondary N) is 2. The molecule has 1 atom stereocenters. The number of aromatic nitrogens is 2. The summed E-state index contributed by atoms with van der Waals surface area (Å²) in [5, 5.41) is 17.1. The molecular formula is C20H26ClN5O3S3. The standard InChI is InChI=1S/C20H26ClN5O3S3/c1-11-7-10-14(30-11)17(20(2,3)4)23-19-18(24-31-25-19)22-13-9-8-12(21)16(15(13)27)32(28,29)26(5)6/h7-10,17,27H,1-6H3,(H,22,24)(H,23,25)/t17-/m0/s1. The van der Waals surface area contributed by atoms with Gasteiger partial charge in [0.05, 0.1) is 28.5 Å². The van der Waals surface area contributed by atoms with Gasteiger partial charge in [0.15, 0.2) is 17.4 Å². The van der Waals surface area contributed by atoms with E-state index in [1.807, 2.05) is 0 Å². The van der Waals surface area contributed by atoms with Gasteiger partial charge in [0.1, 0.15) is 4.90 Å². The first-order valence-electron chi connectivity index (χ1n) is 9.69. The molecule has 12 heteroatoms. The van der Waals surface area contributed by atoms with Crippen LogP contribution in [0.4, 0.5) is 17.3 Å². The zero-order valence-electron chi connectivity index (χ0n) is 18.6. The van der Waals surface area contributed by atoms with Crippen molar-refractivity contribution in [2.45, 2.75) is 38.6 Å². The second-order valence-electron chi connectivity index (χ2n) is 8.54. The van der Waals surface area contributed by atoms with Crippen LogP contribution in [0.1, 0.15) is 36.6 Å². The first-order valence-corrected chi connectivity index (χ1v) is 13.0. The van der Waals surface area contributed by atoms with E-state index in [9.17, 15) is 13.5 Å². The van der Waals surface area contributed by atoms with Crippen LogP contribution in [-0.2, 0) is 10.0 Å². The first kappa shape index (κ1) is 24.7. The molecule has 3 N–H and O–H groups in total. The average Bonchev–Trinajstić information content (AvgIpc) is 3.29. The molecule has 0 aliphatic rings. The molecule has 174 valence electrons. The summed E-state index contributed by atoms with van der Waals surface area (Å²) in [6.45, 7) is 8.47. The van der Waals surface area contributed by atoms with E-state index in [0.29, 0.717) is 11.6 Å². The lowest BCUT2D eigenvalue weighted by Gasteiger charge is -2.31. The molecule has 1 aromatic carbocycles. The second-order valence-corrected chi connectivity index (χ2v) is 12.9. The van der Waals surface area contributed by atoms with Crippen LogP contribution in [0.2, 0.25) is 5.02 Å². The Hall–Kier alpha value is -1.92. The van der Waals surface area contributed by atoms with Gasteiger partial charge in [-0.05, 0) is 36.6 Å². The Morgan fingerprint density at radius 3 is 2.34 bits per heavy atom. The van der Waals surface area contributed by atoms with Crippen LogP contribution in [0, 0.1) is 12.3 Å². The lowest BCUT2D eigenvalue weighted by Crippen LogP contribution is -2.25. The predicted molar refractivity (Wildman–Crippen MR) is 132 cm³/mol. The van der Waals surface area contributed by atoms with E-state index in [-0.39, 0.29) is 27.1 Å². The molecule has 0 unspecified atom stereocenters. The SMILES string of the molecule is Cc1ccc([C@H](Nc2nsnc2Nc2ccc(Cl)c(S(=O)(=O)N(C)C)c2O)C(C)(C)C)s1. The topological polar surface area (TPSA) is 107 Å². The number of rotatable bonds is 7. The highest BCUT2D eigenvalue weighted by atomic mass is 35.5. The van der Waals surface area contributed by atoms with Crippen LogP contribution in [0.5, 0.6) is 5.75 Å². The number of phenols is 1. The molecule has 0 spiro atoms. The fourth-order valence-electron chi connectivity index (χ4n) is 3.03. The van der Waals surface area contributed by atoms with Crippen molar-refractivity contribution in [1.82, 2.24) is 13.1 Å². The number of anilines is 3. The summed E-state index contributed by atoms with van der Waals surface area (Å²) in [7, 11) is -1.22. The van der Waals surface area contributed by atoms with Crippen LogP contribution in [0.25, 0.3) is 0 Å². The largest absolute Gasteiger partial charge is 0.504 e. The van der Waals surface area contributed by atoms with E-state index in [1.165, 1.54) is 36.0 Å². The number of thiophene rings is 1. The van der Waals surface area contributed by atoms with Crippen molar-refractivity contribution in [2.24, 2.45) is 5.41 Å². The number of sulfonamides is 1. The van der Waals surface area contributed by atoms with Gasteiger partial charge in [0.25, 0.3) is 0 Å².